The molecular weight excluding hydrogens is 238 g/mol. The number of aromatic nitrogens is 3. The van der Waals surface area contributed by atoms with Gasteiger partial charge in [0.05, 0.1) is 5.69 Å². The number of carbonyl (C=O) groups is 2. The second-order valence-corrected chi connectivity index (χ2v) is 4.01. The SMILES string of the molecule is O=C(Cn1cc(CCCO)nn1)N1CCNC1=O. The largest absolute Gasteiger partial charge is 0.396 e. The number of nitrogens with zero attached hydrogens (tertiary/aromatic N) is 4. The molecule has 2 heterocycles. The van der Waals surface area contributed by atoms with E-state index < -0.39 is 0 Å². The van der Waals surface area contributed by atoms with Crippen LogP contribution in [0.3, 0.4) is 0 Å². The number of aryl methyl sites for hydroxylation is 1. The monoisotopic (exact) mass is 253 g/mol. The van der Waals surface area contributed by atoms with Crippen molar-refractivity contribution in [1.82, 2.24) is 25.2 Å². The maximum atomic E-state index is 11.8. The maximum absolute atomic E-state index is 11.8. The Morgan fingerprint density at radius 2 is 2.39 bits per heavy atom. The number of imide groups is 1. The molecule has 1 aromatic rings. The molecule has 0 unspecified atom stereocenters. The van der Waals surface area contributed by atoms with Gasteiger partial charge in [-0.05, 0) is 12.8 Å². The summed E-state index contributed by atoms with van der Waals surface area (Å²) in [6, 6.07) is -0.361. The molecule has 8 nitrogen and oxygen atoms in total. The Morgan fingerprint density at radius 3 is 3.06 bits per heavy atom. The average molecular weight is 253 g/mol. The molecule has 0 radical (unpaired) electrons. The zero-order chi connectivity index (χ0) is 13.0. The predicted octanol–water partition coefficient (Wildman–Crippen LogP) is -1.25. The van der Waals surface area contributed by atoms with Gasteiger partial charge in [0.2, 0.25) is 0 Å². The fraction of sp³-hybridized carbons (Fsp3) is 0.600. The molecule has 1 aliphatic heterocycles. The maximum Gasteiger partial charge on any atom is 0.324 e. The molecule has 1 fully saturated rings. The van der Waals surface area contributed by atoms with E-state index in [4.69, 9.17) is 5.11 Å². The topological polar surface area (TPSA) is 100 Å². The first-order valence-electron chi connectivity index (χ1n) is 5.79. The van der Waals surface area contributed by atoms with E-state index in [1.807, 2.05) is 0 Å². The Kier molecular flexibility index (Phi) is 3.88. The Hall–Kier alpha value is -1.96. The van der Waals surface area contributed by atoms with Crippen LogP contribution < -0.4 is 5.32 Å². The minimum Gasteiger partial charge on any atom is -0.396 e. The van der Waals surface area contributed by atoms with Gasteiger partial charge >= 0.3 is 6.03 Å². The Labute approximate surface area is 104 Å². The van der Waals surface area contributed by atoms with E-state index in [9.17, 15) is 9.59 Å². The van der Waals surface area contributed by atoms with Gasteiger partial charge < -0.3 is 10.4 Å². The van der Waals surface area contributed by atoms with E-state index >= 15 is 0 Å². The van der Waals surface area contributed by atoms with Crippen LogP contribution in [0.2, 0.25) is 0 Å². The van der Waals surface area contributed by atoms with Crippen LogP contribution in [-0.4, -0.2) is 56.6 Å². The van der Waals surface area contributed by atoms with Crippen molar-refractivity contribution < 1.29 is 14.7 Å². The van der Waals surface area contributed by atoms with Gasteiger partial charge in [0, 0.05) is 25.9 Å². The van der Waals surface area contributed by atoms with Gasteiger partial charge in [-0.1, -0.05) is 5.21 Å². The molecule has 0 saturated carbocycles. The molecule has 18 heavy (non-hydrogen) atoms. The molecule has 0 aliphatic carbocycles. The molecule has 1 saturated heterocycles. The molecular formula is C10H15N5O3. The normalized spacial score (nSPS) is 14.9. The first-order chi connectivity index (χ1) is 8.70. The van der Waals surface area contributed by atoms with Crippen LogP contribution in [0, 0.1) is 0 Å². The van der Waals surface area contributed by atoms with Gasteiger partial charge in [0.25, 0.3) is 5.91 Å². The van der Waals surface area contributed by atoms with Gasteiger partial charge in [0.1, 0.15) is 6.54 Å². The summed E-state index contributed by atoms with van der Waals surface area (Å²) < 4.78 is 1.40. The minimum atomic E-state index is -0.361. The first kappa shape index (κ1) is 12.5. The van der Waals surface area contributed by atoms with Gasteiger partial charge in [0.15, 0.2) is 0 Å². The van der Waals surface area contributed by atoms with E-state index in [1.54, 1.807) is 6.20 Å². The average Bonchev–Trinajstić information content (AvgIpc) is 2.95. The highest BCUT2D eigenvalue weighted by Crippen LogP contribution is 2.01. The second kappa shape index (κ2) is 5.58. The van der Waals surface area contributed by atoms with Crippen molar-refractivity contribution in [1.29, 1.82) is 0 Å². The van der Waals surface area contributed by atoms with E-state index in [-0.39, 0.29) is 25.1 Å². The lowest BCUT2D eigenvalue weighted by Crippen LogP contribution is -2.36. The molecule has 2 N–H and O–H groups in total. The van der Waals surface area contributed by atoms with Crippen LogP contribution in [0.15, 0.2) is 6.20 Å². The lowest BCUT2D eigenvalue weighted by molar-refractivity contribution is -0.128. The highest BCUT2D eigenvalue weighted by atomic mass is 16.3. The molecule has 0 aromatic carbocycles. The lowest BCUT2D eigenvalue weighted by atomic mass is 10.3. The van der Waals surface area contributed by atoms with Crippen molar-refractivity contribution in [2.75, 3.05) is 19.7 Å². The molecule has 3 amide bonds. The first-order valence-corrected chi connectivity index (χ1v) is 5.79. The van der Waals surface area contributed by atoms with Crippen LogP contribution in [0.25, 0.3) is 0 Å². The van der Waals surface area contributed by atoms with Crippen LogP contribution in [-0.2, 0) is 17.8 Å². The molecule has 2 rings (SSSR count). The number of amides is 3. The van der Waals surface area contributed by atoms with Crippen molar-refractivity contribution >= 4 is 11.9 Å². The lowest BCUT2D eigenvalue weighted by Gasteiger charge is -2.11. The Morgan fingerprint density at radius 1 is 1.56 bits per heavy atom. The van der Waals surface area contributed by atoms with Crippen LogP contribution in [0.5, 0.6) is 0 Å². The van der Waals surface area contributed by atoms with E-state index in [0.29, 0.717) is 25.9 Å². The van der Waals surface area contributed by atoms with Gasteiger partial charge in [-0.3, -0.25) is 9.69 Å². The fourth-order valence-electron chi connectivity index (χ4n) is 1.72. The summed E-state index contributed by atoms with van der Waals surface area (Å²) in [5.74, 6) is -0.302. The molecule has 0 atom stereocenters. The number of nitrogens with one attached hydrogen (secondary N) is 1. The number of urea groups is 1. The molecule has 0 bridgehead atoms. The smallest absolute Gasteiger partial charge is 0.324 e. The van der Waals surface area contributed by atoms with Crippen molar-refractivity contribution in [3.05, 3.63) is 11.9 Å². The molecule has 1 aromatic heterocycles. The van der Waals surface area contributed by atoms with Crippen molar-refractivity contribution in [2.24, 2.45) is 0 Å². The van der Waals surface area contributed by atoms with Gasteiger partial charge in [-0.25, -0.2) is 9.48 Å². The summed E-state index contributed by atoms with van der Waals surface area (Å²) in [5.41, 5.74) is 0.725. The van der Waals surface area contributed by atoms with Crippen LogP contribution >= 0.6 is 0 Å². The summed E-state index contributed by atoms with van der Waals surface area (Å²) in [4.78, 5) is 24.2. The number of rotatable bonds is 5. The second-order valence-electron chi connectivity index (χ2n) is 4.01. The predicted molar refractivity (Wildman–Crippen MR) is 60.5 cm³/mol. The summed E-state index contributed by atoms with van der Waals surface area (Å²) >= 11 is 0. The highest BCUT2D eigenvalue weighted by Gasteiger charge is 2.26. The quantitative estimate of drug-likeness (QED) is 0.683. The zero-order valence-corrected chi connectivity index (χ0v) is 9.87. The van der Waals surface area contributed by atoms with E-state index in [1.165, 1.54) is 4.68 Å². The molecule has 8 heteroatoms. The van der Waals surface area contributed by atoms with Crippen LogP contribution in [0.4, 0.5) is 4.79 Å². The number of aliphatic hydroxyl groups excluding tert-OH is 1. The van der Waals surface area contributed by atoms with Crippen molar-refractivity contribution in [3.63, 3.8) is 0 Å². The zero-order valence-electron chi connectivity index (χ0n) is 9.87. The molecule has 0 spiro atoms. The third kappa shape index (κ3) is 2.83. The number of carbonyl (C=O) groups excluding carboxylic acids is 2. The number of aliphatic hydroxyl groups is 1. The Balaban J connectivity index is 1.90. The Bertz CT molecular complexity index is 444. The van der Waals surface area contributed by atoms with Gasteiger partial charge in [-0.2, -0.15) is 0 Å². The number of hydrogen-bond acceptors (Lipinski definition) is 5. The summed E-state index contributed by atoms with van der Waals surface area (Å²) in [6.45, 7) is 0.979. The third-order valence-corrected chi connectivity index (χ3v) is 2.63. The van der Waals surface area contributed by atoms with E-state index in [0.717, 1.165) is 10.6 Å². The summed E-state index contributed by atoms with van der Waals surface area (Å²) in [5, 5.41) is 18.9. The molecule has 98 valence electrons. The van der Waals surface area contributed by atoms with Gasteiger partial charge in [-0.15, -0.1) is 5.10 Å². The number of hydrogen-bond donors (Lipinski definition) is 2. The highest BCUT2D eigenvalue weighted by molar-refractivity contribution is 5.95. The minimum absolute atomic E-state index is 0.000451. The fourth-order valence-corrected chi connectivity index (χ4v) is 1.72. The third-order valence-electron chi connectivity index (χ3n) is 2.63. The summed E-state index contributed by atoms with van der Waals surface area (Å²) in [7, 11) is 0. The van der Waals surface area contributed by atoms with Crippen molar-refractivity contribution in [2.45, 2.75) is 19.4 Å². The van der Waals surface area contributed by atoms with E-state index in [2.05, 4.69) is 15.6 Å². The van der Waals surface area contributed by atoms with Crippen molar-refractivity contribution in [3.8, 4) is 0 Å². The molecule has 1 aliphatic rings. The standard InChI is InChI=1S/C10H15N5O3/c16-5-1-2-8-6-14(13-12-8)7-9(17)15-4-3-11-10(15)18/h6,16H,1-5,7H2,(H,11,18). The van der Waals surface area contributed by atoms with Crippen LogP contribution in [0.1, 0.15) is 12.1 Å². The summed E-state index contributed by atoms with van der Waals surface area (Å²) in [6.07, 6.45) is 2.89.